The predicted molar refractivity (Wildman–Crippen MR) is 82.3 cm³/mol. The molecule has 1 heterocycles. The first kappa shape index (κ1) is 14.2. The van der Waals surface area contributed by atoms with Crippen molar-refractivity contribution in [3.05, 3.63) is 0 Å². The van der Waals surface area contributed by atoms with Gasteiger partial charge in [0.15, 0.2) is 5.17 Å². The van der Waals surface area contributed by atoms with Crippen LogP contribution in [0.5, 0.6) is 0 Å². The Kier molecular flexibility index (Phi) is 5.40. The Morgan fingerprint density at radius 1 is 1.28 bits per heavy atom. The summed E-state index contributed by atoms with van der Waals surface area (Å²) in [7, 11) is 0. The van der Waals surface area contributed by atoms with E-state index >= 15 is 0 Å². The van der Waals surface area contributed by atoms with E-state index in [1.165, 1.54) is 49.4 Å². The van der Waals surface area contributed by atoms with Crippen molar-refractivity contribution in [2.24, 2.45) is 16.8 Å². The van der Waals surface area contributed by atoms with Crippen LogP contribution in [0.2, 0.25) is 0 Å². The first-order valence-corrected chi connectivity index (χ1v) is 8.59. The second-order valence-corrected chi connectivity index (χ2v) is 7.49. The fraction of sp³-hybridized carbons (Fsp3) is 0.933. The van der Waals surface area contributed by atoms with Crippen LogP contribution in [0.25, 0.3) is 0 Å². The van der Waals surface area contributed by atoms with E-state index in [-0.39, 0.29) is 0 Å². The molecule has 18 heavy (non-hydrogen) atoms. The number of nitrogens with zero attached hydrogens (tertiary/aromatic N) is 1. The van der Waals surface area contributed by atoms with Crippen molar-refractivity contribution >= 4 is 16.9 Å². The molecule has 1 fully saturated rings. The molecule has 3 heteroatoms. The van der Waals surface area contributed by atoms with E-state index in [1.54, 1.807) is 0 Å². The van der Waals surface area contributed by atoms with Gasteiger partial charge in [-0.25, -0.2) is 0 Å². The number of amidine groups is 1. The SMILES string of the molecule is CC(C)CC1CSC(NC2CCCC(C)CC2)=N1. The molecule has 1 aliphatic carbocycles. The Morgan fingerprint density at radius 2 is 2.11 bits per heavy atom. The van der Waals surface area contributed by atoms with Crippen LogP contribution in [0.4, 0.5) is 0 Å². The van der Waals surface area contributed by atoms with Gasteiger partial charge in [0.25, 0.3) is 0 Å². The standard InChI is InChI=1S/C15H28N2S/c1-11(2)9-14-10-18-15(17-14)16-13-6-4-5-12(3)7-8-13/h11-14H,4-10H2,1-3H3,(H,16,17). The number of aliphatic imine (C=N–C) groups is 1. The molecular weight excluding hydrogens is 240 g/mol. The van der Waals surface area contributed by atoms with Gasteiger partial charge in [0.2, 0.25) is 0 Å². The van der Waals surface area contributed by atoms with Gasteiger partial charge in [0.05, 0.1) is 6.04 Å². The van der Waals surface area contributed by atoms with Gasteiger partial charge in [0, 0.05) is 11.8 Å². The second-order valence-electron chi connectivity index (χ2n) is 6.48. The zero-order valence-corrected chi connectivity index (χ0v) is 12.9. The van der Waals surface area contributed by atoms with Gasteiger partial charge in [-0.1, -0.05) is 45.4 Å². The number of hydrogen-bond acceptors (Lipinski definition) is 3. The minimum atomic E-state index is 0.558. The number of nitrogens with one attached hydrogen (secondary N) is 1. The molecule has 0 bridgehead atoms. The molecule has 2 aliphatic rings. The smallest absolute Gasteiger partial charge is 0.157 e. The largest absolute Gasteiger partial charge is 0.362 e. The van der Waals surface area contributed by atoms with Gasteiger partial charge in [-0.15, -0.1) is 0 Å². The van der Waals surface area contributed by atoms with E-state index in [2.05, 4.69) is 26.1 Å². The predicted octanol–water partition coefficient (Wildman–Crippen LogP) is 4.06. The Hall–Kier alpha value is -0.180. The highest BCUT2D eigenvalue weighted by atomic mass is 32.2. The van der Waals surface area contributed by atoms with E-state index in [9.17, 15) is 0 Å². The van der Waals surface area contributed by atoms with Crippen LogP contribution < -0.4 is 5.32 Å². The van der Waals surface area contributed by atoms with Crippen molar-refractivity contribution < 1.29 is 0 Å². The summed E-state index contributed by atoms with van der Waals surface area (Å²) < 4.78 is 0. The summed E-state index contributed by atoms with van der Waals surface area (Å²) in [4.78, 5) is 4.84. The Balaban J connectivity index is 1.79. The maximum absolute atomic E-state index is 4.84. The molecule has 1 aliphatic heterocycles. The molecule has 0 amide bonds. The molecule has 104 valence electrons. The third-order valence-electron chi connectivity index (χ3n) is 4.04. The van der Waals surface area contributed by atoms with Gasteiger partial charge in [-0.3, -0.25) is 4.99 Å². The number of rotatable bonds is 3. The lowest BCUT2D eigenvalue weighted by Gasteiger charge is -2.16. The highest BCUT2D eigenvalue weighted by molar-refractivity contribution is 8.14. The van der Waals surface area contributed by atoms with Crippen LogP contribution in [-0.2, 0) is 0 Å². The lowest BCUT2D eigenvalue weighted by atomic mass is 10.0. The van der Waals surface area contributed by atoms with Crippen LogP contribution in [0.15, 0.2) is 4.99 Å². The van der Waals surface area contributed by atoms with Crippen molar-refractivity contribution in [2.45, 2.75) is 71.4 Å². The molecule has 0 aromatic rings. The highest BCUT2D eigenvalue weighted by Gasteiger charge is 2.22. The number of thioether (sulfide) groups is 1. The molecular formula is C15H28N2S. The molecule has 2 nitrogen and oxygen atoms in total. The summed E-state index contributed by atoms with van der Waals surface area (Å²) in [6, 6.07) is 1.24. The van der Waals surface area contributed by atoms with Crippen molar-refractivity contribution in [1.29, 1.82) is 0 Å². The van der Waals surface area contributed by atoms with Crippen molar-refractivity contribution in [2.75, 3.05) is 5.75 Å². The van der Waals surface area contributed by atoms with E-state index in [1.807, 2.05) is 11.8 Å². The van der Waals surface area contributed by atoms with Crippen LogP contribution in [-0.4, -0.2) is 23.0 Å². The van der Waals surface area contributed by atoms with Crippen molar-refractivity contribution in [3.8, 4) is 0 Å². The Labute approximate surface area is 116 Å². The van der Waals surface area contributed by atoms with Gasteiger partial charge in [0.1, 0.15) is 0 Å². The maximum atomic E-state index is 4.84. The second kappa shape index (κ2) is 6.83. The third-order valence-corrected chi connectivity index (χ3v) is 5.09. The molecule has 1 N–H and O–H groups in total. The fourth-order valence-corrected chi connectivity index (χ4v) is 4.00. The van der Waals surface area contributed by atoms with Gasteiger partial charge < -0.3 is 5.32 Å². The van der Waals surface area contributed by atoms with Gasteiger partial charge in [-0.05, 0) is 37.5 Å². The average molecular weight is 268 g/mol. The monoisotopic (exact) mass is 268 g/mol. The zero-order valence-electron chi connectivity index (χ0n) is 12.1. The molecule has 0 saturated heterocycles. The zero-order chi connectivity index (χ0) is 13.0. The van der Waals surface area contributed by atoms with E-state index < -0.39 is 0 Å². The lowest BCUT2D eigenvalue weighted by molar-refractivity contribution is 0.489. The van der Waals surface area contributed by atoms with Crippen molar-refractivity contribution in [3.63, 3.8) is 0 Å². The van der Waals surface area contributed by atoms with Crippen molar-refractivity contribution in [1.82, 2.24) is 5.32 Å². The van der Waals surface area contributed by atoms with Crippen LogP contribution in [0.1, 0.15) is 59.3 Å². The molecule has 3 atom stereocenters. The average Bonchev–Trinajstić information content (AvgIpc) is 2.61. The quantitative estimate of drug-likeness (QED) is 0.781. The highest BCUT2D eigenvalue weighted by Crippen LogP contribution is 2.26. The minimum absolute atomic E-state index is 0.558. The minimum Gasteiger partial charge on any atom is -0.362 e. The van der Waals surface area contributed by atoms with Crippen LogP contribution in [0.3, 0.4) is 0 Å². The summed E-state index contributed by atoms with van der Waals surface area (Å²) in [5.41, 5.74) is 0. The van der Waals surface area contributed by atoms with E-state index in [4.69, 9.17) is 4.99 Å². The molecule has 0 spiro atoms. The third kappa shape index (κ3) is 4.49. The maximum Gasteiger partial charge on any atom is 0.157 e. The summed E-state index contributed by atoms with van der Waals surface area (Å²) >= 11 is 1.93. The summed E-state index contributed by atoms with van der Waals surface area (Å²) in [6.07, 6.45) is 8.07. The first-order chi connectivity index (χ1) is 8.63. The fourth-order valence-electron chi connectivity index (χ4n) is 2.97. The Morgan fingerprint density at radius 3 is 2.89 bits per heavy atom. The van der Waals surface area contributed by atoms with Crippen LogP contribution in [0, 0.1) is 11.8 Å². The van der Waals surface area contributed by atoms with E-state index in [0.29, 0.717) is 12.1 Å². The molecule has 3 unspecified atom stereocenters. The molecule has 2 rings (SSSR count). The molecule has 0 aromatic carbocycles. The normalized spacial score (nSPS) is 33.3. The molecule has 1 saturated carbocycles. The number of hydrogen-bond donors (Lipinski definition) is 1. The van der Waals surface area contributed by atoms with Gasteiger partial charge >= 0.3 is 0 Å². The van der Waals surface area contributed by atoms with Crippen LogP contribution >= 0.6 is 11.8 Å². The Bertz CT molecular complexity index is 288. The molecule has 0 aromatic heterocycles. The van der Waals surface area contributed by atoms with E-state index in [0.717, 1.165) is 11.8 Å². The summed E-state index contributed by atoms with van der Waals surface area (Å²) in [6.45, 7) is 6.97. The topological polar surface area (TPSA) is 24.4 Å². The molecule has 0 radical (unpaired) electrons. The summed E-state index contributed by atoms with van der Waals surface area (Å²) in [5, 5.41) is 4.92. The lowest BCUT2D eigenvalue weighted by Crippen LogP contribution is -2.32. The van der Waals surface area contributed by atoms with Gasteiger partial charge in [-0.2, -0.15) is 0 Å². The first-order valence-electron chi connectivity index (χ1n) is 7.60. The summed E-state index contributed by atoms with van der Waals surface area (Å²) in [5.74, 6) is 2.87.